The molecule has 1 N–H and O–H groups in total. The highest BCUT2D eigenvalue weighted by Gasteiger charge is 2.08. The van der Waals surface area contributed by atoms with Crippen molar-refractivity contribution in [3.63, 3.8) is 0 Å². The van der Waals surface area contributed by atoms with Crippen LogP contribution in [0.15, 0.2) is 18.5 Å². The van der Waals surface area contributed by atoms with Gasteiger partial charge in [0.2, 0.25) is 10.0 Å². The number of pyridine rings is 1. The summed E-state index contributed by atoms with van der Waals surface area (Å²) in [6.45, 7) is 3.69. The van der Waals surface area contributed by atoms with Crippen LogP contribution in [-0.2, 0) is 10.0 Å². The number of nitrogens with zero attached hydrogens (tertiary/aromatic N) is 1. The van der Waals surface area contributed by atoms with Gasteiger partial charge in [-0.15, -0.1) is 0 Å². The highest BCUT2D eigenvalue weighted by Crippen LogP contribution is 2.09. The summed E-state index contributed by atoms with van der Waals surface area (Å²) in [6, 6.07) is 1.75. The van der Waals surface area contributed by atoms with Crippen molar-refractivity contribution in [2.75, 3.05) is 10.5 Å². The zero-order valence-electron chi connectivity index (χ0n) is 8.32. The van der Waals surface area contributed by atoms with E-state index in [0.29, 0.717) is 12.1 Å². The minimum absolute atomic E-state index is 0.140. The Bertz CT molecular complexity index is 401. The predicted octanol–water partition coefficient (Wildman–Crippen LogP) is 1.54. The lowest BCUT2D eigenvalue weighted by Crippen LogP contribution is -2.16. The quantitative estimate of drug-likeness (QED) is 0.827. The van der Waals surface area contributed by atoms with Crippen LogP contribution in [0.25, 0.3) is 0 Å². The molecule has 0 saturated heterocycles. The van der Waals surface area contributed by atoms with Crippen molar-refractivity contribution in [1.29, 1.82) is 0 Å². The molecule has 14 heavy (non-hydrogen) atoms. The van der Waals surface area contributed by atoms with Gasteiger partial charge >= 0.3 is 0 Å². The van der Waals surface area contributed by atoms with E-state index in [-0.39, 0.29) is 5.75 Å². The average molecular weight is 214 g/mol. The van der Waals surface area contributed by atoms with Crippen LogP contribution in [0.2, 0.25) is 0 Å². The Morgan fingerprint density at radius 1 is 1.43 bits per heavy atom. The van der Waals surface area contributed by atoms with Crippen LogP contribution in [-0.4, -0.2) is 19.2 Å². The summed E-state index contributed by atoms with van der Waals surface area (Å²) in [4.78, 5) is 3.90. The van der Waals surface area contributed by atoms with Crippen molar-refractivity contribution in [1.82, 2.24) is 4.98 Å². The summed E-state index contributed by atoms with van der Waals surface area (Å²) in [5, 5.41) is 0. The van der Waals surface area contributed by atoms with E-state index in [2.05, 4.69) is 9.71 Å². The van der Waals surface area contributed by atoms with Crippen molar-refractivity contribution in [3.05, 3.63) is 24.0 Å². The van der Waals surface area contributed by atoms with Crippen LogP contribution in [0.3, 0.4) is 0 Å². The van der Waals surface area contributed by atoms with Gasteiger partial charge in [0.15, 0.2) is 0 Å². The van der Waals surface area contributed by atoms with E-state index in [0.717, 1.165) is 5.56 Å². The second kappa shape index (κ2) is 4.41. The SMILES string of the molecule is CCCS(=O)(=O)Nc1cncc(C)c1. The van der Waals surface area contributed by atoms with Crippen molar-refractivity contribution in [2.24, 2.45) is 0 Å². The van der Waals surface area contributed by atoms with Gasteiger partial charge in [-0.3, -0.25) is 9.71 Å². The van der Waals surface area contributed by atoms with Crippen LogP contribution in [0.4, 0.5) is 5.69 Å². The van der Waals surface area contributed by atoms with Gasteiger partial charge in [-0.25, -0.2) is 8.42 Å². The lowest BCUT2D eigenvalue weighted by molar-refractivity contribution is 0.600. The average Bonchev–Trinajstić information content (AvgIpc) is 2.02. The molecular formula is C9H14N2O2S. The van der Waals surface area contributed by atoms with Crippen molar-refractivity contribution in [2.45, 2.75) is 20.3 Å². The third kappa shape index (κ3) is 3.33. The molecule has 1 aromatic heterocycles. The first kappa shape index (κ1) is 11.0. The number of sulfonamides is 1. The van der Waals surface area contributed by atoms with E-state index >= 15 is 0 Å². The van der Waals surface area contributed by atoms with E-state index in [1.165, 1.54) is 6.20 Å². The number of aromatic nitrogens is 1. The zero-order valence-corrected chi connectivity index (χ0v) is 9.13. The second-order valence-corrected chi connectivity index (χ2v) is 5.01. The van der Waals surface area contributed by atoms with Crippen LogP contribution < -0.4 is 4.72 Å². The van der Waals surface area contributed by atoms with E-state index in [4.69, 9.17) is 0 Å². The predicted molar refractivity (Wildman–Crippen MR) is 56.7 cm³/mol. The molecule has 0 aliphatic carbocycles. The highest BCUT2D eigenvalue weighted by atomic mass is 32.2. The molecule has 0 aromatic carbocycles. The molecule has 0 saturated carbocycles. The van der Waals surface area contributed by atoms with Gasteiger partial charge < -0.3 is 0 Å². The van der Waals surface area contributed by atoms with E-state index in [1.807, 2.05) is 13.8 Å². The fraction of sp³-hybridized carbons (Fsp3) is 0.444. The Labute approximate surface area is 84.4 Å². The first-order valence-corrected chi connectivity index (χ1v) is 6.11. The minimum atomic E-state index is -3.19. The number of aryl methyl sites for hydroxylation is 1. The van der Waals surface area contributed by atoms with Crippen LogP contribution in [0.5, 0.6) is 0 Å². The van der Waals surface area contributed by atoms with Gasteiger partial charge in [-0.1, -0.05) is 6.92 Å². The molecule has 78 valence electrons. The molecular weight excluding hydrogens is 200 g/mol. The van der Waals surface area contributed by atoms with Gasteiger partial charge in [0.1, 0.15) is 0 Å². The van der Waals surface area contributed by atoms with Crippen molar-refractivity contribution in [3.8, 4) is 0 Å². The Morgan fingerprint density at radius 2 is 2.14 bits per heavy atom. The molecule has 4 nitrogen and oxygen atoms in total. The molecule has 5 heteroatoms. The Kier molecular flexibility index (Phi) is 3.46. The maximum absolute atomic E-state index is 11.4. The molecule has 0 radical (unpaired) electrons. The molecule has 0 unspecified atom stereocenters. The summed E-state index contributed by atoms with van der Waals surface area (Å²) in [6.07, 6.45) is 3.78. The molecule has 0 amide bonds. The summed E-state index contributed by atoms with van der Waals surface area (Å²) in [5.74, 6) is 0.140. The van der Waals surface area contributed by atoms with Crippen LogP contribution in [0, 0.1) is 6.92 Å². The van der Waals surface area contributed by atoms with Crippen molar-refractivity contribution >= 4 is 15.7 Å². The summed E-state index contributed by atoms with van der Waals surface area (Å²) in [7, 11) is -3.19. The van der Waals surface area contributed by atoms with Crippen molar-refractivity contribution < 1.29 is 8.42 Å². The van der Waals surface area contributed by atoms with Gasteiger partial charge in [0, 0.05) is 6.20 Å². The van der Waals surface area contributed by atoms with Crippen LogP contribution in [0.1, 0.15) is 18.9 Å². The number of hydrogen-bond acceptors (Lipinski definition) is 3. The maximum Gasteiger partial charge on any atom is 0.232 e. The second-order valence-electron chi connectivity index (χ2n) is 3.17. The van der Waals surface area contributed by atoms with Gasteiger partial charge in [-0.2, -0.15) is 0 Å². The lowest BCUT2D eigenvalue weighted by atomic mass is 10.3. The Hall–Kier alpha value is -1.10. The van der Waals surface area contributed by atoms with Crippen LogP contribution >= 0.6 is 0 Å². The molecule has 0 bridgehead atoms. The minimum Gasteiger partial charge on any atom is -0.282 e. The molecule has 1 aromatic rings. The Morgan fingerprint density at radius 3 is 2.71 bits per heavy atom. The monoisotopic (exact) mass is 214 g/mol. The fourth-order valence-corrected chi connectivity index (χ4v) is 2.22. The molecule has 0 spiro atoms. The molecule has 1 rings (SSSR count). The Balaban J connectivity index is 2.79. The number of anilines is 1. The topological polar surface area (TPSA) is 59.1 Å². The zero-order chi connectivity index (χ0) is 10.6. The number of rotatable bonds is 4. The third-order valence-electron chi connectivity index (χ3n) is 1.62. The summed E-state index contributed by atoms with van der Waals surface area (Å²) < 4.78 is 25.2. The third-order valence-corrected chi connectivity index (χ3v) is 3.11. The smallest absolute Gasteiger partial charge is 0.232 e. The molecule has 0 fully saturated rings. The molecule has 0 aliphatic heterocycles. The largest absolute Gasteiger partial charge is 0.282 e. The summed E-state index contributed by atoms with van der Waals surface area (Å²) in [5.41, 5.74) is 1.46. The molecule has 1 heterocycles. The summed E-state index contributed by atoms with van der Waals surface area (Å²) >= 11 is 0. The lowest BCUT2D eigenvalue weighted by Gasteiger charge is -2.06. The van der Waals surface area contributed by atoms with Gasteiger partial charge in [-0.05, 0) is 25.0 Å². The number of nitrogens with one attached hydrogen (secondary N) is 1. The maximum atomic E-state index is 11.4. The van der Waals surface area contributed by atoms with E-state index in [9.17, 15) is 8.42 Å². The van der Waals surface area contributed by atoms with E-state index < -0.39 is 10.0 Å². The normalized spacial score (nSPS) is 11.3. The molecule has 0 atom stereocenters. The molecule has 0 aliphatic rings. The number of hydrogen-bond donors (Lipinski definition) is 1. The standard InChI is InChI=1S/C9H14N2O2S/c1-3-4-14(12,13)11-9-5-8(2)6-10-7-9/h5-7,11H,3-4H2,1-2H3. The fourth-order valence-electron chi connectivity index (χ4n) is 1.11. The van der Waals surface area contributed by atoms with Gasteiger partial charge in [0.05, 0.1) is 17.6 Å². The highest BCUT2D eigenvalue weighted by molar-refractivity contribution is 7.92. The first-order valence-electron chi connectivity index (χ1n) is 4.45. The van der Waals surface area contributed by atoms with E-state index in [1.54, 1.807) is 12.3 Å². The van der Waals surface area contributed by atoms with Gasteiger partial charge in [0.25, 0.3) is 0 Å². The first-order chi connectivity index (χ1) is 6.53.